The van der Waals surface area contributed by atoms with Crippen molar-refractivity contribution in [3.63, 3.8) is 0 Å². The van der Waals surface area contributed by atoms with Gasteiger partial charge in [-0.2, -0.15) is 0 Å². The minimum absolute atomic E-state index is 0.150. The van der Waals surface area contributed by atoms with Gasteiger partial charge in [-0.15, -0.1) is 0 Å². The zero-order chi connectivity index (χ0) is 23.0. The second-order valence-corrected chi connectivity index (χ2v) is 8.57. The summed E-state index contributed by atoms with van der Waals surface area (Å²) in [6.45, 7) is 9.67. The lowest BCUT2D eigenvalue weighted by Crippen LogP contribution is -2.53. The number of ether oxygens (including phenoxy) is 2. The molecule has 168 valence electrons. The number of amides is 2. The van der Waals surface area contributed by atoms with Crippen LogP contribution in [0.1, 0.15) is 45.7 Å². The molecule has 0 unspecified atom stereocenters. The maximum Gasteiger partial charge on any atom is 0.261 e. The predicted molar refractivity (Wildman–Crippen MR) is 122 cm³/mol. The van der Waals surface area contributed by atoms with Gasteiger partial charge >= 0.3 is 0 Å². The Labute approximate surface area is 185 Å². The van der Waals surface area contributed by atoms with E-state index in [1.807, 2.05) is 69.3 Å². The lowest BCUT2D eigenvalue weighted by atomic mass is 10.1. The molecule has 1 atom stereocenters. The number of nitrogens with zero attached hydrogens (tertiary/aromatic N) is 1. The first kappa shape index (κ1) is 24.3. The number of rotatable bonds is 9. The summed E-state index contributed by atoms with van der Waals surface area (Å²) in [5, 5.41) is 2.95. The molecule has 2 aromatic rings. The summed E-state index contributed by atoms with van der Waals surface area (Å²) in [6, 6.07) is 14.5. The Morgan fingerprint density at radius 3 is 2.29 bits per heavy atom. The zero-order valence-electron chi connectivity index (χ0n) is 19.4. The van der Waals surface area contributed by atoms with E-state index >= 15 is 0 Å². The third-order valence-electron chi connectivity index (χ3n) is 4.85. The van der Waals surface area contributed by atoms with E-state index < -0.39 is 11.6 Å². The van der Waals surface area contributed by atoms with Crippen LogP contribution in [-0.4, -0.2) is 42.0 Å². The highest BCUT2D eigenvalue weighted by Crippen LogP contribution is 2.18. The molecule has 0 radical (unpaired) electrons. The molecule has 0 aliphatic heterocycles. The lowest BCUT2D eigenvalue weighted by Gasteiger charge is -2.31. The van der Waals surface area contributed by atoms with E-state index in [2.05, 4.69) is 12.2 Å². The van der Waals surface area contributed by atoms with E-state index in [4.69, 9.17) is 9.47 Å². The fourth-order valence-corrected chi connectivity index (χ4v) is 3.07. The van der Waals surface area contributed by atoms with Gasteiger partial charge in [-0.05, 0) is 69.5 Å². The van der Waals surface area contributed by atoms with Gasteiger partial charge in [0.1, 0.15) is 17.5 Å². The number of hydrogen-bond acceptors (Lipinski definition) is 4. The molecular weight excluding hydrogens is 392 g/mol. The average Bonchev–Trinajstić information content (AvgIpc) is 2.74. The summed E-state index contributed by atoms with van der Waals surface area (Å²) in [5.41, 5.74) is 1.68. The van der Waals surface area contributed by atoms with Crippen LogP contribution in [0.2, 0.25) is 0 Å². The summed E-state index contributed by atoms with van der Waals surface area (Å²) in [4.78, 5) is 27.4. The summed E-state index contributed by atoms with van der Waals surface area (Å²) < 4.78 is 11.0. The maximum atomic E-state index is 13.1. The molecule has 6 nitrogen and oxygen atoms in total. The molecule has 0 aliphatic carbocycles. The highest BCUT2D eigenvalue weighted by Gasteiger charge is 2.28. The minimum atomic E-state index is -0.663. The third kappa shape index (κ3) is 7.63. The van der Waals surface area contributed by atoms with Crippen LogP contribution >= 0.6 is 0 Å². The Kier molecular flexibility index (Phi) is 8.48. The molecule has 0 spiro atoms. The second kappa shape index (κ2) is 10.8. The molecule has 0 bridgehead atoms. The Hall–Kier alpha value is -3.02. The molecule has 2 amide bonds. The Morgan fingerprint density at radius 2 is 1.71 bits per heavy atom. The van der Waals surface area contributed by atoms with E-state index in [0.29, 0.717) is 11.5 Å². The number of aryl methyl sites for hydroxylation is 1. The smallest absolute Gasteiger partial charge is 0.261 e. The van der Waals surface area contributed by atoms with Gasteiger partial charge in [0.25, 0.3) is 5.91 Å². The molecule has 0 fully saturated rings. The summed E-state index contributed by atoms with van der Waals surface area (Å²) in [5.74, 6) is 0.845. The van der Waals surface area contributed by atoms with Gasteiger partial charge in [-0.25, -0.2) is 0 Å². The average molecular weight is 427 g/mol. The summed E-state index contributed by atoms with van der Waals surface area (Å²) >= 11 is 0. The fourth-order valence-electron chi connectivity index (χ4n) is 3.07. The van der Waals surface area contributed by atoms with Gasteiger partial charge < -0.3 is 19.7 Å². The number of methoxy groups -OCH3 is 1. The van der Waals surface area contributed by atoms with Crippen molar-refractivity contribution < 1.29 is 19.1 Å². The van der Waals surface area contributed by atoms with E-state index in [9.17, 15) is 9.59 Å². The van der Waals surface area contributed by atoms with E-state index in [-0.39, 0.29) is 25.0 Å². The van der Waals surface area contributed by atoms with E-state index in [0.717, 1.165) is 12.0 Å². The molecular formula is C25H34N2O4. The summed E-state index contributed by atoms with van der Waals surface area (Å²) in [6.07, 6.45) is 0.938. The third-order valence-corrected chi connectivity index (χ3v) is 4.85. The van der Waals surface area contributed by atoms with Gasteiger partial charge in [0.15, 0.2) is 6.61 Å². The molecule has 0 saturated carbocycles. The first-order valence-corrected chi connectivity index (χ1v) is 10.6. The van der Waals surface area contributed by atoms with E-state index in [1.54, 1.807) is 14.0 Å². The SMILES string of the molecule is CCc1ccc(OCC(=O)N(Cc2cccc(OC)c2)[C@@H](C)C(=O)NC(C)(C)C)cc1. The van der Waals surface area contributed by atoms with Crippen molar-refractivity contribution in [3.8, 4) is 11.5 Å². The Bertz CT molecular complexity index is 872. The van der Waals surface area contributed by atoms with Crippen LogP contribution in [0.15, 0.2) is 48.5 Å². The molecule has 0 heterocycles. The summed E-state index contributed by atoms with van der Waals surface area (Å²) in [7, 11) is 1.60. The number of benzene rings is 2. The van der Waals surface area contributed by atoms with Crippen molar-refractivity contribution in [3.05, 3.63) is 59.7 Å². The molecule has 0 aliphatic rings. The van der Waals surface area contributed by atoms with Gasteiger partial charge in [0, 0.05) is 12.1 Å². The number of nitrogens with one attached hydrogen (secondary N) is 1. The number of hydrogen-bond donors (Lipinski definition) is 1. The van der Waals surface area contributed by atoms with Crippen LogP contribution < -0.4 is 14.8 Å². The first-order valence-electron chi connectivity index (χ1n) is 10.6. The predicted octanol–water partition coefficient (Wildman–Crippen LogP) is 3.97. The molecule has 2 aromatic carbocycles. The molecule has 31 heavy (non-hydrogen) atoms. The molecule has 0 saturated heterocycles. The van der Waals surface area contributed by atoms with Crippen molar-refractivity contribution in [1.29, 1.82) is 0 Å². The largest absolute Gasteiger partial charge is 0.497 e. The highest BCUT2D eigenvalue weighted by atomic mass is 16.5. The zero-order valence-corrected chi connectivity index (χ0v) is 19.4. The van der Waals surface area contributed by atoms with Crippen LogP contribution in [0.3, 0.4) is 0 Å². The monoisotopic (exact) mass is 426 g/mol. The normalized spacial score (nSPS) is 12.1. The fraction of sp³-hybridized carbons (Fsp3) is 0.440. The van der Waals surface area contributed by atoms with Crippen LogP contribution in [0.5, 0.6) is 11.5 Å². The number of carbonyl (C=O) groups excluding carboxylic acids is 2. The highest BCUT2D eigenvalue weighted by molar-refractivity contribution is 5.88. The maximum absolute atomic E-state index is 13.1. The first-order chi connectivity index (χ1) is 14.6. The van der Waals surface area contributed by atoms with Crippen LogP contribution in [-0.2, 0) is 22.6 Å². The quantitative estimate of drug-likeness (QED) is 0.659. The van der Waals surface area contributed by atoms with E-state index in [1.165, 1.54) is 10.5 Å². The van der Waals surface area contributed by atoms with Crippen molar-refractivity contribution in [2.45, 2.75) is 59.2 Å². The van der Waals surface area contributed by atoms with Crippen molar-refractivity contribution in [1.82, 2.24) is 10.2 Å². The van der Waals surface area contributed by atoms with Gasteiger partial charge in [-0.3, -0.25) is 9.59 Å². The lowest BCUT2D eigenvalue weighted by molar-refractivity contribution is -0.142. The second-order valence-electron chi connectivity index (χ2n) is 8.57. The van der Waals surface area contributed by atoms with Crippen LogP contribution in [0.4, 0.5) is 0 Å². The van der Waals surface area contributed by atoms with Crippen LogP contribution in [0, 0.1) is 0 Å². The van der Waals surface area contributed by atoms with Crippen molar-refractivity contribution in [2.24, 2.45) is 0 Å². The van der Waals surface area contributed by atoms with Crippen molar-refractivity contribution >= 4 is 11.8 Å². The standard InChI is InChI=1S/C25H34N2O4/c1-7-19-11-13-21(14-12-19)31-17-23(28)27(18(2)24(29)26-25(3,4)5)16-20-9-8-10-22(15-20)30-6/h8-15,18H,7,16-17H2,1-6H3,(H,26,29)/t18-/m0/s1. The van der Waals surface area contributed by atoms with Gasteiger partial charge in [-0.1, -0.05) is 31.2 Å². The Balaban J connectivity index is 2.17. The minimum Gasteiger partial charge on any atom is -0.497 e. The van der Waals surface area contributed by atoms with Gasteiger partial charge in [0.05, 0.1) is 7.11 Å². The Morgan fingerprint density at radius 1 is 1.03 bits per heavy atom. The number of carbonyl (C=O) groups is 2. The molecule has 2 rings (SSSR count). The molecule has 0 aromatic heterocycles. The molecule has 1 N–H and O–H groups in total. The molecule has 6 heteroatoms. The van der Waals surface area contributed by atoms with Crippen LogP contribution in [0.25, 0.3) is 0 Å². The topological polar surface area (TPSA) is 67.9 Å². The van der Waals surface area contributed by atoms with Gasteiger partial charge in [0.2, 0.25) is 5.91 Å². The van der Waals surface area contributed by atoms with Crippen molar-refractivity contribution in [2.75, 3.05) is 13.7 Å².